The SMILES string of the molecule is C=Cc1cccc([C@@]2(C)N=C(N)N(C)C(=C)[C@H]2c2ccc(C(F)(F)F)cc2)c1. The Morgan fingerprint density at radius 1 is 1.18 bits per heavy atom. The summed E-state index contributed by atoms with van der Waals surface area (Å²) in [7, 11) is 1.75. The second kappa shape index (κ2) is 6.86. The minimum absolute atomic E-state index is 0.305. The largest absolute Gasteiger partial charge is 0.416 e. The van der Waals surface area contributed by atoms with Gasteiger partial charge in [0.15, 0.2) is 5.96 Å². The Morgan fingerprint density at radius 2 is 1.82 bits per heavy atom. The van der Waals surface area contributed by atoms with Gasteiger partial charge in [-0.05, 0) is 41.8 Å². The van der Waals surface area contributed by atoms with E-state index in [0.29, 0.717) is 17.2 Å². The number of nitrogens with two attached hydrogens (primary N) is 1. The standard InChI is InChI=1S/C22H22F3N3/c1-5-15-7-6-8-18(13-15)21(3)19(14(2)28(4)20(26)27-21)16-9-11-17(12-10-16)22(23,24)25/h5-13,19H,1-2H2,3-4H3,(H2,26,27)/t19-,21+/m0/s1. The smallest absolute Gasteiger partial charge is 0.370 e. The van der Waals surface area contributed by atoms with Crippen LogP contribution in [-0.4, -0.2) is 17.9 Å². The predicted molar refractivity (Wildman–Crippen MR) is 107 cm³/mol. The highest BCUT2D eigenvalue weighted by atomic mass is 19.4. The van der Waals surface area contributed by atoms with Crippen LogP contribution < -0.4 is 5.73 Å². The zero-order chi connectivity index (χ0) is 20.7. The molecule has 0 aromatic heterocycles. The first kappa shape index (κ1) is 19.7. The number of likely N-dealkylation sites (N-methyl/N-ethyl adjacent to an activating group) is 1. The maximum atomic E-state index is 13.0. The fraction of sp³-hybridized carbons (Fsp3) is 0.227. The van der Waals surface area contributed by atoms with Crippen molar-refractivity contribution in [1.82, 2.24) is 4.90 Å². The van der Waals surface area contributed by atoms with Crippen LogP contribution in [0.4, 0.5) is 13.2 Å². The second-order valence-corrected chi connectivity index (χ2v) is 7.05. The molecular weight excluding hydrogens is 363 g/mol. The molecule has 0 unspecified atom stereocenters. The lowest BCUT2D eigenvalue weighted by Gasteiger charge is -2.44. The quantitative estimate of drug-likeness (QED) is 0.797. The van der Waals surface area contributed by atoms with E-state index in [2.05, 4.69) is 13.2 Å². The Hall–Kier alpha value is -3.02. The molecule has 0 spiro atoms. The molecule has 3 nitrogen and oxygen atoms in total. The lowest BCUT2D eigenvalue weighted by atomic mass is 9.73. The van der Waals surface area contributed by atoms with E-state index >= 15 is 0 Å². The number of halogens is 3. The molecular formula is C22H22F3N3. The number of hydrogen-bond donors (Lipinski definition) is 1. The molecule has 0 radical (unpaired) electrons. The third-order valence-electron chi connectivity index (χ3n) is 5.29. The van der Waals surface area contributed by atoms with Gasteiger partial charge >= 0.3 is 6.18 Å². The summed E-state index contributed by atoms with van der Waals surface area (Å²) in [5.74, 6) is -0.0770. The van der Waals surface area contributed by atoms with Gasteiger partial charge in [-0.3, -0.25) is 0 Å². The number of guanidine groups is 1. The molecule has 0 saturated carbocycles. The molecule has 1 heterocycles. The van der Waals surface area contributed by atoms with Gasteiger partial charge in [0.25, 0.3) is 0 Å². The van der Waals surface area contributed by atoms with Gasteiger partial charge in [0.05, 0.1) is 17.0 Å². The summed E-state index contributed by atoms with van der Waals surface area (Å²) in [5.41, 5.74) is 7.76. The van der Waals surface area contributed by atoms with Crippen LogP contribution >= 0.6 is 0 Å². The first-order chi connectivity index (χ1) is 13.1. The van der Waals surface area contributed by atoms with E-state index in [0.717, 1.165) is 23.3 Å². The molecule has 1 aliphatic heterocycles. The van der Waals surface area contributed by atoms with E-state index in [1.807, 2.05) is 31.2 Å². The van der Waals surface area contributed by atoms with Crippen LogP contribution in [0.3, 0.4) is 0 Å². The van der Waals surface area contributed by atoms with E-state index < -0.39 is 17.3 Å². The van der Waals surface area contributed by atoms with E-state index in [1.165, 1.54) is 12.1 Å². The highest BCUT2D eigenvalue weighted by Gasteiger charge is 2.44. The van der Waals surface area contributed by atoms with Crippen LogP contribution in [0.2, 0.25) is 0 Å². The fourth-order valence-corrected chi connectivity index (χ4v) is 3.64. The molecule has 2 aromatic rings. The first-order valence-electron chi connectivity index (χ1n) is 8.76. The number of aliphatic imine (C=N–C) groups is 1. The van der Waals surface area contributed by atoms with Gasteiger partial charge < -0.3 is 10.6 Å². The number of nitrogens with zero attached hydrogens (tertiary/aromatic N) is 2. The highest BCUT2D eigenvalue weighted by Crippen LogP contribution is 2.48. The maximum absolute atomic E-state index is 13.0. The Kier molecular flexibility index (Phi) is 4.83. The molecule has 3 rings (SSSR count). The van der Waals surface area contributed by atoms with Crippen molar-refractivity contribution in [3.8, 4) is 0 Å². The summed E-state index contributed by atoms with van der Waals surface area (Å²) in [4.78, 5) is 6.39. The molecule has 0 bridgehead atoms. The van der Waals surface area contributed by atoms with Crippen LogP contribution in [-0.2, 0) is 11.7 Å². The lowest BCUT2D eigenvalue weighted by Crippen LogP contribution is -2.47. The third-order valence-corrected chi connectivity index (χ3v) is 5.29. The summed E-state index contributed by atoms with van der Waals surface area (Å²) < 4.78 is 38.9. The van der Waals surface area contributed by atoms with Gasteiger partial charge in [0, 0.05) is 12.7 Å². The van der Waals surface area contributed by atoms with Gasteiger partial charge in [-0.2, -0.15) is 13.2 Å². The number of hydrogen-bond acceptors (Lipinski definition) is 3. The van der Waals surface area contributed by atoms with Crippen LogP contribution in [0.15, 0.2) is 72.4 Å². The molecule has 146 valence electrons. The van der Waals surface area contributed by atoms with Gasteiger partial charge in [0.2, 0.25) is 0 Å². The molecule has 2 N–H and O–H groups in total. The van der Waals surface area contributed by atoms with Gasteiger partial charge in [-0.25, -0.2) is 4.99 Å². The molecule has 2 atom stereocenters. The van der Waals surface area contributed by atoms with Crippen molar-refractivity contribution < 1.29 is 13.2 Å². The van der Waals surface area contributed by atoms with E-state index in [1.54, 1.807) is 18.0 Å². The number of benzene rings is 2. The molecule has 2 aromatic carbocycles. The van der Waals surface area contributed by atoms with Gasteiger partial charge in [0.1, 0.15) is 0 Å². The van der Waals surface area contributed by atoms with Crippen LogP contribution in [0.25, 0.3) is 6.08 Å². The summed E-state index contributed by atoms with van der Waals surface area (Å²) in [6.07, 6.45) is -2.65. The van der Waals surface area contributed by atoms with Crippen molar-refractivity contribution in [3.63, 3.8) is 0 Å². The summed E-state index contributed by atoms with van der Waals surface area (Å²) >= 11 is 0. The fourth-order valence-electron chi connectivity index (χ4n) is 3.64. The summed E-state index contributed by atoms with van der Waals surface area (Å²) in [5, 5.41) is 0. The molecule has 6 heteroatoms. The number of alkyl halides is 3. The molecule has 0 aliphatic carbocycles. The average molecular weight is 385 g/mol. The minimum atomic E-state index is -4.39. The van der Waals surface area contributed by atoms with Crippen LogP contribution in [0, 0.1) is 0 Å². The monoisotopic (exact) mass is 385 g/mol. The van der Waals surface area contributed by atoms with Gasteiger partial charge in [-0.1, -0.05) is 49.6 Å². The van der Waals surface area contributed by atoms with Crippen LogP contribution in [0.5, 0.6) is 0 Å². The lowest BCUT2D eigenvalue weighted by molar-refractivity contribution is -0.137. The molecule has 1 aliphatic rings. The molecule has 28 heavy (non-hydrogen) atoms. The Balaban J connectivity index is 2.17. The topological polar surface area (TPSA) is 41.6 Å². The summed E-state index contributed by atoms with van der Waals surface area (Å²) in [6, 6.07) is 12.9. The van der Waals surface area contributed by atoms with Crippen molar-refractivity contribution in [2.24, 2.45) is 10.7 Å². The maximum Gasteiger partial charge on any atom is 0.416 e. The highest BCUT2D eigenvalue weighted by molar-refractivity contribution is 5.82. The predicted octanol–water partition coefficient (Wildman–Crippen LogP) is 5.12. The second-order valence-electron chi connectivity index (χ2n) is 7.05. The zero-order valence-corrected chi connectivity index (χ0v) is 15.8. The first-order valence-corrected chi connectivity index (χ1v) is 8.76. The van der Waals surface area contributed by atoms with Gasteiger partial charge in [-0.15, -0.1) is 0 Å². The zero-order valence-electron chi connectivity index (χ0n) is 15.8. The Bertz CT molecular complexity index is 944. The summed E-state index contributed by atoms with van der Waals surface area (Å²) in [6.45, 7) is 9.88. The van der Waals surface area contributed by atoms with E-state index in [9.17, 15) is 13.2 Å². The van der Waals surface area contributed by atoms with Crippen LogP contribution in [0.1, 0.15) is 35.1 Å². The van der Waals surface area contributed by atoms with Crippen molar-refractivity contribution in [2.45, 2.75) is 24.6 Å². The molecule has 0 amide bonds. The van der Waals surface area contributed by atoms with E-state index in [-0.39, 0.29) is 5.92 Å². The Morgan fingerprint density at radius 3 is 2.39 bits per heavy atom. The Labute approximate surface area is 162 Å². The van der Waals surface area contributed by atoms with Crippen molar-refractivity contribution in [2.75, 3.05) is 7.05 Å². The molecule has 0 fully saturated rings. The number of rotatable bonds is 3. The van der Waals surface area contributed by atoms with E-state index in [4.69, 9.17) is 10.7 Å². The average Bonchev–Trinajstić information content (AvgIpc) is 2.66. The van der Waals surface area contributed by atoms with Crippen molar-refractivity contribution >= 4 is 12.0 Å². The van der Waals surface area contributed by atoms with Crippen molar-refractivity contribution in [1.29, 1.82) is 0 Å². The molecule has 0 saturated heterocycles. The normalized spacial score (nSPS) is 22.8. The minimum Gasteiger partial charge on any atom is -0.370 e. The third kappa shape index (κ3) is 3.30. The van der Waals surface area contributed by atoms with Crippen molar-refractivity contribution in [3.05, 3.63) is 89.6 Å².